The number of hydrogen-bond acceptors (Lipinski definition) is 6. The minimum atomic E-state index is -0.404. The SMILES string of the molecule is CNC(=O)C(C)=Nc1c(C)ncnc1Nc1ccc(F)cc1OC(C)C. The number of ether oxygens (including phenoxy) is 1. The maximum absolute atomic E-state index is 13.6. The number of amides is 1. The molecule has 0 fully saturated rings. The predicted octanol–water partition coefficient (Wildman–Crippen LogP) is 3.29. The zero-order chi connectivity index (χ0) is 19.3. The first-order valence-electron chi connectivity index (χ1n) is 8.14. The summed E-state index contributed by atoms with van der Waals surface area (Å²) in [6.07, 6.45) is 1.26. The van der Waals surface area contributed by atoms with E-state index in [0.717, 1.165) is 0 Å². The van der Waals surface area contributed by atoms with Crippen molar-refractivity contribution in [3.05, 3.63) is 36.0 Å². The molecule has 0 radical (unpaired) electrons. The molecular formula is C18H22FN5O2. The average Bonchev–Trinajstić information content (AvgIpc) is 2.58. The number of nitrogens with zero attached hydrogens (tertiary/aromatic N) is 3. The molecule has 0 aliphatic heterocycles. The molecule has 2 rings (SSSR count). The maximum atomic E-state index is 13.6. The maximum Gasteiger partial charge on any atom is 0.265 e. The van der Waals surface area contributed by atoms with Crippen LogP contribution in [-0.2, 0) is 4.79 Å². The standard InChI is InChI=1S/C18H22FN5O2/c1-10(2)26-15-8-13(19)6-7-14(15)24-17-16(11(3)21-9-22-17)23-12(4)18(25)20-5/h6-10H,1-5H3,(H,20,25)(H,21,22,24). The molecular weight excluding hydrogens is 337 g/mol. The van der Waals surface area contributed by atoms with Gasteiger partial charge in [0.2, 0.25) is 0 Å². The van der Waals surface area contributed by atoms with E-state index in [1.807, 2.05) is 13.8 Å². The minimum Gasteiger partial charge on any atom is -0.489 e. The van der Waals surface area contributed by atoms with Gasteiger partial charge in [0, 0.05) is 13.1 Å². The van der Waals surface area contributed by atoms with Crippen LogP contribution in [0.25, 0.3) is 0 Å². The van der Waals surface area contributed by atoms with Crippen molar-refractivity contribution in [3.8, 4) is 5.75 Å². The molecule has 1 aromatic heterocycles. The van der Waals surface area contributed by atoms with E-state index in [9.17, 15) is 9.18 Å². The van der Waals surface area contributed by atoms with Crippen LogP contribution in [0, 0.1) is 12.7 Å². The smallest absolute Gasteiger partial charge is 0.265 e. The molecule has 0 aliphatic carbocycles. The molecule has 0 saturated carbocycles. The Labute approximate surface area is 151 Å². The lowest BCUT2D eigenvalue weighted by atomic mass is 10.2. The van der Waals surface area contributed by atoms with E-state index in [1.165, 1.54) is 25.5 Å². The van der Waals surface area contributed by atoms with Gasteiger partial charge in [-0.2, -0.15) is 0 Å². The van der Waals surface area contributed by atoms with E-state index < -0.39 is 5.82 Å². The van der Waals surface area contributed by atoms with Gasteiger partial charge in [-0.05, 0) is 39.8 Å². The lowest BCUT2D eigenvalue weighted by molar-refractivity contribution is -0.114. The summed E-state index contributed by atoms with van der Waals surface area (Å²) in [5.74, 6) is 0.0405. The van der Waals surface area contributed by atoms with Crippen LogP contribution in [0.4, 0.5) is 21.6 Å². The number of aryl methyl sites for hydroxylation is 1. The summed E-state index contributed by atoms with van der Waals surface area (Å²) in [7, 11) is 1.53. The number of rotatable bonds is 6. The Morgan fingerprint density at radius 2 is 2.04 bits per heavy atom. The zero-order valence-electron chi connectivity index (χ0n) is 15.4. The van der Waals surface area contributed by atoms with Gasteiger partial charge < -0.3 is 15.4 Å². The number of carbonyl (C=O) groups excluding carboxylic acids is 1. The topological polar surface area (TPSA) is 88.5 Å². The fourth-order valence-corrected chi connectivity index (χ4v) is 2.17. The van der Waals surface area contributed by atoms with Crippen LogP contribution >= 0.6 is 0 Å². The number of nitrogens with one attached hydrogen (secondary N) is 2. The Balaban J connectivity index is 2.45. The highest BCUT2D eigenvalue weighted by molar-refractivity contribution is 6.38. The quantitative estimate of drug-likeness (QED) is 0.773. The highest BCUT2D eigenvalue weighted by Crippen LogP contribution is 2.33. The summed E-state index contributed by atoms with van der Waals surface area (Å²) in [5, 5.41) is 5.61. The molecule has 0 unspecified atom stereocenters. The van der Waals surface area contributed by atoms with Crippen molar-refractivity contribution >= 4 is 28.8 Å². The van der Waals surface area contributed by atoms with Crippen LogP contribution in [0.15, 0.2) is 29.5 Å². The van der Waals surface area contributed by atoms with Crippen molar-refractivity contribution in [2.45, 2.75) is 33.8 Å². The Kier molecular flexibility index (Phi) is 6.21. The van der Waals surface area contributed by atoms with Crippen molar-refractivity contribution in [3.63, 3.8) is 0 Å². The molecule has 0 atom stereocenters. The number of benzene rings is 1. The van der Waals surface area contributed by atoms with Gasteiger partial charge in [0.15, 0.2) is 5.82 Å². The number of anilines is 2. The third-order valence-corrected chi connectivity index (χ3v) is 3.40. The van der Waals surface area contributed by atoms with Gasteiger partial charge in [0.25, 0.3) is 5.91 Å². The normalized spacial score (nSPS) is 11.4. The van der Waals surface area contributed by atoms with Gasteiger partial charge in [-0.25, -0.2) is 19.4 Å². The summed E-state index contributed by atoms with van der Waals surface area (Å²) in [6.45, 7) is 7.07. The first kappa shape index (κ1) is 19.3. The van der Waals surface area contributed by atoms with E-state index in [4.69, 9.17) is 4.74 Å². The largest absolute Gasteiger partial charge is 0.489 e. The molecule has 138 valence electrons. The molecule has 2 N–H and O–H groups in total. The molecule has 1 heterocycles. The van der Waals surface area contributed by atoms with Crippen molar-refractivity contribution in [1.29, 1.82) is 0 Å². The van der Waals surface area contributed by atoms with Crippen LogP contribution in [0.2, 0.25) is 0 Å². The van der Waals surface area contributed by atoms with Gasteiger partial charge in [-0.1, -0.05) is 0 Å². The van der Waals surface area contributed by atoms with Gasteiger partial charge in [-0.3, -0.25) is 4.79 Å². The molecule has 2 aromatic rings. The Hall–Kier alpha value is -3.03. The average molecular weight is 359 g/mol. The molecule has 1 amide bonds. The highest BCUT2D eigenvalue weighted by atomic mass is 19.1. The zero-order valence-corrected chi connectivity index (χ0v) is 15.4. The van der Waals surface area contributed by atoms with Gasteiger partial charge in [0.05, 0.1) is 17.5 Å². The summed E-state index contributed by atoms with van der Waals surface area (Å²) in [5.41, 5.74) is 1.83. The monoisotopic (exact) mass is 359 g/mol. The molecule has 0 bridgehead atoms. The molecule has 1 aromatic carbocycles. The Bertz CT molecular complexity index is 836. The molecule has 7 nitrogen and oxygen atoms in total. The van der Waals surface area contributed by atoms with E-state index >= 15 is 0 Å². The van der Waals surface area contributed by atoms with Gasteiger partial charge in [-0.15, -0.1) is 0 Å². The first-order chi connectivity index (χ1) is 12.3. The van der Waals surface area contributed by atoms with E-state index in [0.29, 0.717) is 28.6 Å². The van der Waals surface area contributed by atoms with Gasteiger partial charge >= 0.3 is 0 Å². The van der Waals surface area contributed by atoms with E-state index in [2.05, 4.69) is 25.6 Å². The van der Waals surface area contributed by atoms with E-state index in [1.54, 1.807) is 19.9 Å². The third kappa shape index (κ3) is 4.75. The number of carbonyl (C=O) groups is 1. The second kappa shape index (κ2) is 8.37. The van der Waals surface area contributed by atoms with E-state index in [-0.39, 0.29) is 17.7 Å². The molecule has 26 heavy (non-hydrogen) atoms. The lowest BCUT2D eigenvalue weighted by Gasteiger charge is -2.16. The number of hydrogen-bond donors (Lipinski definition) is 2. The van der Waals surface area contributed by atoms with Crippen LogP contribution in [-0.4, -0.2) is 34.7 Å². The number of halogens is 1. The fourth-order valence-electron chi connectivity index (χ4n) is 2.17. The number of aromatic nitrogens is 2. The Morgan fingerprint density at radius 1 is 1.31 bits per heavy atom. The van der Waals surface area contributed by atoms with Crippen molar-refractivity contribution in [2.75, 3.05) is 12.4 Å². The Morgan fingerprint density at radius 3 is 2.69 bits per heavy atom. The molecule has 0 aliphatic rings. The van der Waals surface area contributed by atoms with Crippen molar-refractivity contribution < 1.29 is 13.9 Å². The first-order valence-corrected chi connectivity index (χ1v) is 8.14. The minimum absolute atomic E-state index is 0.127. The van der Waals surface area contributed by atoms with Crippen molar-refractivity contribution in [1.82, 2.24) is 15.3 Å². The molecule has 0 saturated heterocycles. The third-order valence-electron chi connectivity index (χ3n) is 3.40. The van der Waals surface area contributed by atoms with Gasteiger partial charge in [0.1, 0.15) is 29.3 Å². The van der Waals surface area contributed by atoms with Crippen LogP contribution < -0.4 is 15.4 Å². The molecule has 8 heteroatoms. The second-order valence-electron chi connectivity index (χ2n) is 5.86. The fraction of sp³-hybridized carbons (Fsp3) is 0.333. The second-order valence-corrected chi connectivity index (χ2v) is 5.86. The summed E-state index contributed by atoms with van der Waals surface area (Å²) >= 11 is 0. The van der Waals surface area contributed by atoms with Crippen LogP contribution in [0.3, 0.4) is 0 Å². The lowest BCUT2D eigenvalue weighted by Crippen LogP contribution is -2.25. The highest BCUT2D eigenvalue weighted by Gasteiger charge is 2.14. The summed E-state index contributed by atoms with van der Waals surface area (Å²) in [6, 6.07) is 4.18. The summed E-state index contributed by atoms with van der Waals surface area (Å²) in [4.78, 5) is 24.4. The van der Waals surface area contributed by atoms with Crippen LogP contribution in [0.1, 0.15) is 26.5 Å². The number of aliphatic imine (C=N–C) groups is 1. The molecule has 0 spiro atoms. The van der Waals surface area contributed by atoms with Crippen molar-refractivity contribution in [2.24, 2.45) is 4.99 Å². The summed E-state index contributed by atoms with van der Waals surface area (Å²) < 4.78 is 19.2. The van der Waals surface area contributed by atoms with Crippen LogP contribution in [0.5, 0.6) is 5.75 Å². The predicted molar refractivity (Wildman–Crippen MR) is 99.1 cm³/mol.